The molecule has 0 heterocycles. The molecule has 196 valence electrons. The Morgan fingerprint density at radius 1 is 0.513 bits per heavy atom. The lowest BCUT2D eigenvalue weighted by Gasteiger charge is -2.07. The van der Waals surface area contributed by atoms with Gasteiger partial charge in [0.1, 0.15) is 0 Å². The Kier molecular flexibility index (Phi) is 6.66. The van der Waals surface area contributed by atoms with Gasteiger partial charge in [0.25, 0.3) is 20.2 Å². The number of anilines is 1. The lowest BCUT2D eigenvalue weighted by molar-refractivity contribution is 0.481. The summed E-state index contributed by atoms with van der Waals surface area (Å²) in [6.07, 6.45) is 0. The van der Waals surface area contributed by atoms with E-state index in [2.05, 4.69) is 20.5 Å². The minimum Gasteiger partial charge on any atom is -0.398 e. The Balaban J connectivity index is 1.50. The maximum absolute atomic E-state index is 11.5. The molecule has 0 spiro atoms. The molecule has 5 rings (SSSR count). The van der Waals surface area contributed by atoms with Gasteiger partial charge in [0.2, 0.25) is 0 Å². The Bertz CT molecular complexity index is 2020. The lowest BCUT2D eigenvalue weighted by Crippen LogP contribution is -1.98. The number of azo groups is 2. The highest BCUT2D eigenvalue weighted by Crippen LogP contribution is 2.37. The predicted octanol–water partition coefficient (Wildman–Crippen LogP) is 6.90. The van der Waals surface area contributed by atoms with E-state index >= 15 is 0 Å². The van der Waals surface area contributed by atoms with Gasteiger partial charge in [-0.25, -0.2) is 0 Å². The number of fused-ring (bicyclic) bond motifs is 2. The predicted molar refractivity (Wildman–Crippen MR) is 147 cm³/mol. The standard InChI is InChI=1S/C26H19N5O6S2/c27-23-11-12-24(21-10-9-18(15-22(21)23)39(35,36)37)30-31-26-14-13-25(19-3-1-2-4-20(19)26)29-28-16-5-7-17(8-6-16)38(32,33)34/h1-15H,27H2,(H,32,33,34)(H,35,36,37). The summed E-state index contributed by atoms with van der Waals surface area (Å²) in [6, 6.07) is 23.4. The normalized spacial score (nSPS) is 12.7. The Labute approximate surface area is 222 Å². The van der Waals surface area contributed by atoms with E-state index in [1.807, 2.05) is 24.3 Å². The molecular formula is C26H19N5O6S2. The molecule has 0 aliphatic rings. The number of nitrogen functional groups attached to an aromatic ring is 1. The van der Waals surface area contributed by atoms with Gasteiger partial charge in [0.15, 0.2) is 0 Å². The monoisotopic (exact) mass is 561 g/mol. The molecule has 4 N–H and O–H groups in total. The zero-order valence-electron chi connectivity index (χ0n) is 19.9. The molecule has 0 aliphatic carbocycles. The highest BCUT2D eigenvalue weighted by molar-refractivity contribution is 7.86. The van der Waals surface area contributed by atoms with Gasteiger partial charge < -0.3 is 5.73 Å². The maximum Gasteiger partial charge on any atom is 0.294 e. The summed E-state index contributed by atoms with van der Waals surface area (Å²) < 4.78 is 64.0. The second-order valence-electron chi connectivity index (χ2n) is 8.37. The quantitative estimate of drug-likeness (QED) is 0.114. The van der Waals surface area contributed by atoms with Crippen molar-refractivity contribution in [3.8, 4) is 0 Å². The smallest absolute Gasteiger partial charge is 0.294 e. The van der Waals surface area contributed by atoms with E-state index in [0.29, 0.717) is 39.2 Å². The van der Waals surface area contributed by atoms with Gasteiger partial charge in [-0.2, -0.15) is 21.9 Å². The van der Waals surface area contributed by atoms with Crippen LogP contribution in [0.4, 0.5) is 28.4 Å². The van der Waals surface area contributed by atoms with Crippen LogP contribution in [0, 0.1) is 0 Å². The second-order valence-corrected chi connectivity index (χ2v) is 11.2. The number of rotatable bonds is 6. The van der Waals surface area contributed by atoms with Crippen LogP contribution < -0.4 is 5.73 Å². The molecule has 0 unspecified atom stereocenters. The van der Waals surface area contributed by atoms with Gasteiger partial charge in [0.05, 0.1) is 32.5 Å². The van der Waals surface area contributed by atoms with Crippen LogP contribution in [0.25, 0.3) is 21.5 Å². The van der Waals surface area contributed by atoms with Crippen molar-refractivity contribution in [3.63, 3.8) is 0 Å². The summed E-state index contributed by atoms with van der Waals surface area (Å²) in [5.41, 5.74) is 8.27. The molecule has 0 aliphatic heterocycles. The highest BCUT2D eigenvalue weighted by Gasteiger charge is 2.13. The first-order chi connectivity index (χ1) is 18.5. The van der Waals surface area contributed by atoms with E-state index in [-0.39, 0.29) is 9.79 Å². The van der Waals surface area contributed by atoms with Crippen molar-refractivity contribution in [2.24, 2.45) is 20.5 Å². The Morgan fingerprint density at radius 2 is 0.974 bits per heavy atom. The van der Waals surface area contributed by atoms with E-state index in [0.717, 1.165) is 10.8 Å². The first kappa shape index (κ1) is 26.1. The highest BCUT2D eigenvalue weighted by atomic mass is 32.2. The molecule has 39 heavy (non-hydrogen) atoms. The van der Waals surface area contributed by atoms with Gasteiger partial charge >= 0.3 is 0 Å². The fourth-order valence-corrected chi connectivity index (χ4v) is 4.91. The summed E-state index contributed by atoms with van der Waals surface area (Å²) in [7, 11) is -8.70. The first-order valence-corrected chi connectivity index (χ1v) is 14.1. The van der Waals surface area contributed by atoms with Crippen molar-refractivity contribution in [2.75, 3.05) is 5.73 Å². The number of hydrogen-bond donors (Lipinski definition) is 3. The van der Waals surface area contributed by atoms with E-state index in [9.17, 15) is 21.4 Å². The fourth-order valence-electron chi connectivity index (χ4n) is 3.93. The zero-order valence-corrected chi connectivity index (χ0v) is 21.5. The van der Waals surface area contributed by atoms with Crippen molar-refractivity contribution < 1.29 is 25.9 Å². The SMILES string of the molecule is Nc1ccc(N=Nc2ccc(N=Nc3ccc(S(=O)(=O)O)cc3)c3ccccc23)c2ccc(S(=O)(=O)O)cc12. The largest absolute Gasteiger partial charge is 0.398 e. The molecule has 0 saturated heterocycles. The molecule has 11 nitrogen and oxygen atoms in total. The average molecular weight is 562 g/mol. The third-order valence-corrected chi connectivity index (χ3v) is 7.57. The lowest BCUT2D eigenvalue weighted by atomic mass is 10.1. The van der Waals surface area contributed by atoms with Gasteiger partial charge in [-0.3, -0.25) is 9.11 Å². The van der Waals surface area contributed by atoms with Gasteiger partial charge in [-0.15, -0.1) is 15.3 Å². The summed E-state index contributed by atoms with van der Waals surface area (Å²) in [5, 5.41) is 19.7. The van der Waals surface area contributed by atoms with Crippen LogP contribution in [0.3, 0.4) is 0 Å². The van der Waals surface area contributed by atoms with Gasteiger partial charge in [0, 0.05) is 27.2 Å². The van der Waals surface area contributed by atoms with E-state index in [1.165, 1.54) is 42.5 Å². The van der Waals surface area contributed by atoms with Crippen molar-refractivity contribution >= 4 is 70.2 Å². The number of hydrogen-bond acceptors (Lipinski definition) is 9. The number of nitrogens with two attached hydrogens (primary N) is 1. The van der Waals surface area contributed by atoms with Crippen LogP contribution in [0.5, 0.6) is 0 Å². The minimum absolute atomic E-state index is 0.241. The van der Waals surface area contributed by atoms with Crippen LogP contribution in [0.15, 0.2) is 121 Å². The molecule has 0 radical (unpaired) electrons. The van der Waals surface area contributed by atoms with E-state index in [1.54, 1.807) is 24.3 Å². The minimum atomic E-state index is -4.40. The van der Waals surface area contributed by atoms with Crippen LogP contribution >= 0.6 is 0 Å². The summed E-state index contributed by atoms with van der Waals surface area (Å²) in [6.45, 7) is 0. The topological polar surface area (TPSA) is 184 Å². The van der Waals surface area contributed by atoms with E-state index < -0.39 is 20.2 Å². The third kappa shape index (κ3) is 5.51. The van der Waals surface area contributed by atoms with Crippen LogP contribution in [-0.4, -0.2) is 25.9 Å². The maximum atomic E-state index is 11.5. The molecule has 0 amide bonds. The molecular weight excluding hydrogens is 542 g/mol. The van der Waals surface area contributed by atoms with Crippen LogP contribution in [0.2, 0.25) is 0 Å². The number of nitrogens with zero attached hydrogens (tertiary/aromatic N) is 4. The van der Waals surface area contributed by atoms with Crippen LogP contribution in [-0.2, 0) is 20.2 Å². The van der Waals surface area contributed by atoms with Crippen molar-refractivity contribution in [1.29, 1.82) is 0 Å². The average Bonchev–Trinajstić information content (AvgIpc) is 2.91. The fraction of sp³-hybridized carbons (Fsp3) is 0. The van der Waals surface area contributed by atoms with Gasteiger partial charge in [-0.1, -0.05) is 30.3 Å². The van der Waals surface area contributed by atoms with Crippen molar-refractivity contribution in [2.45, 2.75) is 9.79 Å². The van der Waals surface area contributed by atoms with Crippen LogP contribution in [0.1, 0.15) is 0 Å². The summed E-state index contributed by atoms with van der Waals surface area (Å²) >= 11 is 0. The zero-order chi connectivity index (χ0) is 27.8. The Morgan fingerprint density at radius 3 is 1.51 bits per heavy atom. The van der Waals surface area contributed by atoms with Crippen molar-refractivity contribution in [3.05, 3.63) is 91.0 Å². The summed E-state index contributed by atoms with van der Waals surface area (Å²) in [4.78, 5) is -0.518. The second kappa shape index (κ2) is 9.96. The van der Waals surface area contributed by atoms with Gasteiger partial charge in [-0.05, 0) is 60.7 Å². The first-order valence-electron chi connectivity index (χ1n) is 11.2. The molecule has 0 bridgehead atoms. The molecule has 13 heteroatoms. The summed E-state index contributed by atoms with van der Waals surface area (Å²) in [5.74, 6) is 0. The molecule has 0 fully saturated rings. The molecule has 5 aromatic carbocycles. The molecule has 0 saturated carbocycles. The Hall–Kier alpha value is -4.56. The molecule has 0 aromatic heterocycles. The third-order valence-electron chi connectivity index (χ3n) is 5.85. The molecule has 0 atom stereocenters. The van der Waals surface area contributed by atoms with E-state index in [4.69, 9.17) is 10.3 Å². The number of benzene rings is 5. The van der Waals surface area contributed by atoms with Crippen molar-refractivity contribution in [1.82, 2.24) is 0 Å². The molecule has 5 aromatic rings.